The van der Waals surface area contributed by atoms with Crippen molar-refractivity contribution in [3.05, 3.63) is 52.0 Å². The summed E-state index contributed by atoms with van der Waals surface area (Å²) < 4.78 is 5.97. The molecule has 2 aromatic rings. The molecule has 1 saturated heterocycles. The third-order valence-electron chi connectivity index (χ3n) is 4.13. The number of piperidine rings is 1. The molecular weight excluding hydrogens is 308 g/mol. The lowest BCUT2D eigenvalue weighted by molar-refractivity contribution is -0.00520. The Morgan fingerprint density at radius 1 is 1.39 bits per heavy atom. The van der Waals surface area contributed by atoms with Gasteiger partial charge in [-0.15, -0.1) is 11.3 Å². The van der Waals surface area contributed by atoms with Gasteiger partial charge in [0.2, 0.25) is 0 Å². The van der Waals surface area contributed by atoms with E-state index in [2.05, 4.69) is 15.3 Å². The molecule has 0 bridgehead atoms. The first-order chi connectivity index (χ1) is 11.2. The normalized spacial score (nSPS) is 16.6. The minimum atomic E-state index is 0.155. The first-order valence-electron chi connectivity index (χ1n) is 8.03. The predicted octanol–water partition coefficient (Wildman–Crippen LogP) is 3.53. The molecule has 1 fully saturated rings. The number of nitrogens with zero attached hydrogens (tertiary/aromatic N) is 2. The maximum absolute atomic E-state index is 11.4. The summed E-state index contributed by atoms with van der Waals surface area (Å²) in [6.07, 6.45) is 4.23. The van der Waals surface area contributed by atoms with Crippen LogP contribution >= 0.6 is 11.3 Å². The van der Waals surface area contributed by atoms with Gasteiger partial charge in [0.1, 0.15) is 0 Å². The van der Waals surface area contributed by atoms with Crippen molar-refractivity contribution in [1.82, 2.24) is 9.88 Å². The Morgan fingerprint density at radius 3 is 2.87 bits per heavy atom. The lowest BCUT2D eigenvalue weighted by Crippen LogP contribution is -2.36. The summed E-state index contributed by atoms with van der Waals surface area (Å²) in [5.41, 5.74) is 2.23. The van der Waals surface area contributed by atoms with E-state index >= 15 is 0 Å². The average molecular weight is 330 g/mol. The van der Waals surface area contributed by atoms with Gasteiger partial charge in [-0.3, -0.25) is 14.7 Å². The highest BCUT2D eigenvalue weighted by Gasteiger charge is 2.20. The maximum Gasteiger partial charge on any atom is 0.169 e. The lowest BCUT2D eigenvalue weighted by atomic mass is 10.1. The zero-order chi connectivity index (χ0) is 16.1. The number of hydrogen-bond donors (Lipinski definition) is 0. The first-order valence-corrected chi connectivity index (χ1v) is 8.91. The van der Waals surface area contributed by atoms with E-state index in [4.69, 9.17) is 4.74 Å². The van der Waals surface area contributed by atoms with Gasteiger partial charge in [0.25, 0.3) is 0 Å². The summed E-state index contributed by atoms with van der Waals surface area (Å²) in [4.78, 5) is 18.9. The molecular formula is C18H22N2O2S. The van der Waals surface area contributed by atoms with E-state index in [1.54, 1.807) is 24.5 Å². The Bertz CT molecular complexity index is 633. The molecule has 0 radical (unpaired) electrons. The molecule has 4 nitrogen and oxygen atoms in total. The number of pyridine rings is 1. The van der Waals surface area contributed by atoms with E-state index in [1.165, 1.54) is 5.56 Å². The van der Waals surface area contributed by atoms with Crippen LogP contribution in [-0.4, -0.2) is 34.9 Å². The predicted molar refractivity (Wildman–Crippen MR) is 91.6 cm³/mol. The van der Waals surface area contributed by atoms with Crippen LogP contribution < -0.4 is 0 Å². The highest BCUT2D eigenvalue weighted by Crippen LogP contribution is 2.20. The molecule has 0 unspecified atom stereocenters. The minimum absolute atomic E-state index is 0.155. The molecule has 0 saturated carbocycles. The van der Waals surface area contributed by atoms with E-state index < -0.39 is 0 Å². The number of ether oxygens (including phenoxy) is 1. The number of aromatic nitrogens is 1. The number of likely N-dealkylation sites (tertiary alicyclic amines) is 1. The molecule has 0 spiro atoms. The number of thiophene rings is 1. The minimum Gasteiger partial charge on any atom is -0.372 e. The number of ketones is 1. The molecule has 0 aliphatic carbocycles. The molecule has 1 aliphatic heterocycles. The second kappa shape index (κ2) is 7.81. The Labute approximate surface area is 141 Å². The van der Waals surface area contributed by atoms with Gasteiger partial charge in [0, 0.05) is 25.8 Å². The Kier molecular flexibility index (Phi) is 5.54. The summed E-state index contributed by atoms with van der Waals surface area (Å²) in [5.74, 6) is 0.155. The van der Waals surface area contributed by atoms with Crippen LogP contribution in [-0.2, 0) is 17.9 Å². The fourth-order valence-corrected chi connectivity index (χ4v) is 3.63. The second-order valence-electron chi connectivity index (χ2n) is 5.98. The average Bonchev–Trinajstić information content (AvgIpc) is 3.04. The van der Waals surface area contributed by atoms with Crippen molar-refractivity contribution in [2.75, 3.05) is 13.1 Å². The van der Waals surface area contributed by atoms with Crippen molar-refractivity contribution < 1.29 is 9.53 Å². The molecule has 122 valence electrons. The van der Waals surface area contributed by atoms with E-state index in [0.717, 1.165) is 43.0 Å². The summed E-state index contributed by atoms with van der Waals surface area (Å²) >= 11 is 1.54. The van der Waals surface area contributed by atoms with Gasteiger partial charge in [-0.2, -0.15) is 0 Å². The fourth-order valence-electron chi connectivity index (χ4n) is 2.82. The van der Waals surface area contributed by atoms with Gasteiger partial charge < -0.3 is 4.74 Å². The van der Waals surface area contributed by atoms with Crippen molar-refractivity contribution >= 4 is 17.1 Å². The number of rotatable bonds is 6. The molecule has 23 heavy (non-hydrogen) atoms. The van der Waals surface area contributed by atoms with Crippen LogP contribution in [0.2, 0.25) is 0 Å². The summed E-state index contributed by atoms with van der Waals surface area (Å²) in [7, 11) is 0. The first kappa shape index (κ1) is 16.3. The smallest absolute Gasteiger partial charge is 0.169 e. The van der Waals surface area contributed by atoms with Crippen LogP contribution in [0.5, 0.6) is 0 Å². The zero-order valence-electron chi connectivity index (χ0n) is 13.4. The lowest BCUT2D eigenvalue weighted by Gasteiger charge is -2.31. The molecule has 3 heterocycles. The van der Waals surface area contributed by atoms with Gasteiger partial charge in [0.15, 0.2) is 5.78 Å². The molecule has 0 atom stereocenters. The van der Waals surface area contributed by atoms with Crippen molar-refractivity contribution in [3.8, 4) is 0 Å². The monoisotopic (exact) mass is 330 g/mol. The molecule has 0 N–H and O–H groups in total. The standard InChI is InChI=1S/C18H22N2O2S/c1-14(21)18-10-15(13-23-18)11-20-8-5-17(6-9-20)22-12-16-4-2-3-7-19-16/h2-4,7,10,13,17H,5-6,8-9,11-12H2,1H3. The van der Waals surface area contributed by atoms with Crippen LogP contribution in [0.25, 0.3) is 0 Å². The highest BCUT2D eigenvalue weighted by molar-refractivity contribution is 7.12. The van der Waals surface area contributed by atoms with Gasteiger partial charge in [-0.1, -0.05) is 6.07 Å². The highest BCUT2D eigenvalue weighted by atomic mass is 32.1. The molecule has 2 aromatic heterocycles. The third-order valence-corrected chi connectivity index (χ3v) is 5.21. The fraction of sp³-hybridized carbons (Fsp3) is 0.444. The summed E-state index contributed by atoms with van der Waals surface area (Å²) in [6, 6.07) is 7.93. The zero-order valence-corrected chi connectivity index (χ0v) is 14.2. The van der Waals surface area contributed by atoms with Crippen molar-refractivity contribution in [1.29, 1.82) is 0 Å². The van der Waals surface area contributed by atoms with Crippen molar-refractivity contribution in [2.45, 2.75) is 39.0 Å². The number of carbonyl (C=O) groups is 1. The van der Waals surface area contributed by atoms with Crippen LogP contribution in [0.4, 0.5) is 0 Å². The molecule has 1 aliphatic rings. The van der Waals surface area contributed by atoms with E-state index in [1.807, 2.05) is 24.3 Å². The molecule has 3 rings (SSSR count). The van der Waals surface area contributed by atoms with Crippen LogP contribution in [0.3, 0.4) is 0 Å². The second-order valence-corrected chi connectivity index (χ2v) is 6.89. The molecule has 0 amide bonds. The third kappa shape index (κ3) is 4.70. The van der Waals surface area contributed by atoms with Crippen molar-refractivity contribution in [3.63, 3.8) is 0 Å². The van der Waals surface area contributed by atoms with Crippen molar-refractivity contribution in [2.24, 2.45) is 0 Å². The maximum atomic E-state index is 11.4. The van der Waals surface area contributed by atoms with Crippen LogP contribution in [0, 0.1) is 0 Å². The molecule has 0 aromatic carbocycles. The number of hydrogen-bond acceptors (Lipinski definition) is 5. The van der Waals surface area contributed by atoms with E-state index in [9.17, 15) is 4.79 Å². The molecule has 5 heteroatoms. The van der Waals surface area contributed by atoms with Gasteiger partial charge in [-0.25, -0.2) is 0 Å². The Hall–Kier alpha value is -1.56. The van der Waals surface area contributed by atoms with E-state index in [0.29, 0.717) is 12.7 Å². The number of carbonyl (C=O) groups excluding carboxylic acids is 1. The summed E-state index contributed by atoms with van der Waals surface area (Å²) in [6.45, 7) is 5.23. The Balaban J connectivity index is 1.42. The van der Waals surface area contributed by atoms with Gasteiger partial charge in [-0.05, 0) is 48.9 Å². The SMILES string of the molecule is CC(=O)c1cc(CN2CCC(OCc3ccccn3)CC2)cs1. The Morgan fingerprint density at radius 2 is 2.22 bits per heavy atom. The van der Waals surface area contributed by atoms with Crippen LogP contribution in [0.15, 0.2) is 35.8 Å². The van der Waals surface area contributed by atoms with E-state index in [-0.39, 0.29) is 5.78 Å². The largest absolute Gasteiger partial charge is 0.372 e. The van der Waals surface area contributed by atoms with Gasteiger partial charge >= 0.3 is 0 Å². The topological polar surface area (TPSA) is 42.4 Å². The summed E-state index contributed by atoms with van der Waals surface area (Å²) in [5, 5.41) is 2.10. The quantitative estimate of drug-likeness (QED) is 0.760. The number of Topliss-reactive ketones (excluding diaryl/α,β-unsaturated/α-hetero) is 1. The van der Waals surface area contributed by atoms with Crippen LogP contribution in [0.1, 0.15) is 40.7 Å². The van der Waals surface area contributed by atoms with Gasteiger partial charge in [0.05, 0.1) is 23.3 Å².